The summed E-state index contributed by atoms with van der Waals surface area (Å²) < 4.78 is 0. The molecule has 0 aromatic heterocycles. The fraction of sp³-hybridized carbons (Fsp3) is 0.533. The van der Waals surface area contributed by atoms with Crippen LogP contribution < -0.4 is 15.5 Å². The molecule has 1 amide bonds. The number of rotatable bonds is 6. The number of nitrogens with one attached hydrogen (secondary N) is 2. The van der Waals surface area contributed by atoms with Gasteiger partial charge >= 0.3 is 0 Å². The number of hydrogen-bond acceptors (Lipinski definition) is 3. The number of carbonyl (C=O) groups is 1. The summed E-state index contributed by atoms with van der Waals surface area (Å²) >= 11 is 0. The quantitative estimate of drug-likeness (QED) is 0.824. The summed E-state index contributed by atoms with van der Waals surface area (Å²) in [4.78, 5) is 13.6. The van der Waals surface area contributed by atoms with Crippen molar-refractivity contribution in [2.75, 3.05) is 25.5 Å². The van der Waals surface area contributed by atoms with E-state index in [0.29, 0.717) is 6.54 Å². The maximum atomic E-state index is 11.6. The molecule has 4 nitrogen and oxygen atoms in total. The first-order chi connectivity index (χ1) is 8.90. The summed E-state index contributed by atoms with van der Waals surface area (Å²) in [6.07, 6.45) is 0. The van der Waals surface area contributed by atoms with E-state index in [0.717, 1.165) is 0 Å². The molecular weight excluding hydrogens is 238 g/mol. The van der Waals surface area contributed by atoms with Crippen molar-refractivity contribution in [1.82, 2.24) is 10.6 Å². The summed E-state index contributed by atoms with van der Waals surface area (Å²) in [5.41, 5.74) is 2.36. The van der Waals surface area contributed by atoms with Gasteiger partial charge in [-0.15, -0.1) is 0 Å². The van der Waals surface area contributed by atoms with E-state index in [1.165, 1.54) is 11.3 Å². The van der Waals surface area contributed by atoms with Gasteiger partial charge in [-0.1, -0.05) is 12.1 Å². The normalized spacial score (nSPS) is 12.3. The molecule has 0 aliphatic heterocycles. The Morgan fingerprint density at radius 1 is 1.16 bits per heavy atom. The smallest absolute Gasteiger partial charge is 0.234 e. The van der Waals surface area contributed by atoms with Crippen LogP contribution in [0.15, 0.2) is 24.3 Å². The van der Waals surface area contributed by atoms with Gasteiger partial charge in [-0.2, -0.15) is 0 Å². The van der Waals surface area contributed by atoms with Crippen molar-refractivity contribution in [3.05, 3.63) is 29.8 Å². The lowest BCUT2D eigenvalue weighted by Crippen LogP contribution is -2.38. The summed E-state index contributed by atoms with van der Waals surface area (Å²) in [5, 5.41) is 6.09. The number of anilines is 1. The van der Waals surface area contributed by atoms with E-state index in [1.807, 2.05) is 27.9 Å². The van der Waals surface area contributed by atoms with Crippen LogP contribution >= 0.6 is 0 Å². The lowest BCUT2D eigenvalue weighted by molar-refractivity contribution is -0.120. The van der Waals surface area contributed by atoms with Crippen LogP contribution in [0.5, 0.6) is 0 Å². The zero-order valence-corrected chi connectivity index (χ0v) is 12.5. The molecule has 4 heteroatoms. The van der Waals surface area contributed by atoms with E-state index in [2.05, 4.69) is 46.7 Å². The Morgan fingerprint density at radius 3 is 2.21 bits per heavy atom. The highest BCUT2D eigenvalue weighted by atomic mass is 16.1. The molecule has 0 saturated heterocycles. The van der Waals surface area contributed by atoms with Crippen LogP contribution in [0.3, 0.4) is 0 Å². The molecule has 0 saturated carbocycles. The van der Waals surface area contributed by atoms with Gasteiger partial charge in [0.05, 0.1) is 6.54 Å². The van der Waals surface area contributed by atoms with Crippen molar-refractivity contribution < 1.29 is 4.79 Å². The van der Waals surface area contributed by atoms with Crippen molar-refractivity contribution >= 4 is 11.6 Å². The average Bonchev–Trinajstić information content (AvgIpc) is 2.35. The van der Waals surface area contributed by atoms with E-state index in [9.17, 15) is 4.79 Å². The third-order valence-corrected chi connectivity index (χ3v) is 2.93. The van der Waals surface area contributed by atoms with Gasteiger partial charge in [0.2, 0.25) is 5.91 Å². The topological polar surface area (TPSA) is 44.4 Å². The second-order valence-electron chi connectivity index (χ2n) is 5.31. The molecule has 106 valence electrons. The van der Waals surface area contributed by atoms with Gasteiger partial charge in [0.25, 0.3) is 0 Å². The Balaban J connectivity index is 2.49. The second-order valence-corrected chi connectivity index (χ2v) is 5.31. The molecule has 1 atom stereocenters. The Kier molecular flexibility index (Phi) is 5.83. The predicted octanol–water partition coefficient (Wildman–Crippen LogP) is 1.93. The molecule has 0 heterocycles. The van der Waals surface area contributed by atoms with Gasteiger partial charge in [0.1, 0.15) is 0 Å². The Hall–Kier alpha value is -1.55. The zero-order chi connectivity index (χ0) is 14.4. The molecule has 1 unspecified atom stereocenters. The highest BCUT2D eigenvalue weighted by molar-refractivity contribution is 5.78. The van der Waals surface area contributed by atoms with E-state index in [1.54, 1.807) is 0 Å². The van der Waals surface area contributed by atoms with Gasteiger partial charge in [-0.3, -0.25) is 4.79 Å². The lowest BCUT2D eigenvalue weighted by atomic mass is 10.1. The number of amides is 1. The number of carbonyl (C=O) groups excluding carboxylic acids is 1. The number of benzene rings is 1. The van der Waals surface area contributed by atoms with Crippen LogP contribution in [-0.4, -0.2) is 32.6 Å². The van der Waals surface area contributed by atoms with Crippen molar-refractivity contribution in [2.45, 2.75) is 32.9 Å². The molecular formula is C15H25N3O. The summed E-state index contributed by atoms with van der Waals surface area (Å²) in [5.74, 6) is 0.0340. The molecule has 0 spiro atoms. The highest BCUT2D eigenvalue weighted by Gasteiger charge is 2.08. The van der Waals surface area contributed by atoms with Crippen LogP contribution in [0, 0.1) is 0 Å². The lowest BCUT2D eigenvalue weighted by Gasteiger charge is -2.17. The van der Waals surface area contributed by atoms with Crippen molar-refractivity contribution in [2.24, 2.45) is 0 Å². The van der Waals surface area contributed by atoms with Crippen LogP contribution in [0.25, 0.3) is 0 Å². The monoisotopic (exact) mass is 263 g/mol. The molecule has 2 N–H and O–H groups in total. The van der Waals surface area contributed by atoms with Crippen LogP contribution in [-0.2, 0) is 4.79 Å². The van der Waals surface area contributed by atoms with Crippen LogP contribution in [0.1, 0.15) is 32.4 Å². The largest absolute Gasteiger partial charge is 0.378 e. The minimum absolute atomic E-state index is 0.0340. The first-order valence-electron chi connectivity index (χ1n) is 6.70. The Bertz CT molecular complexity index is 398. The van der Waals surface area contributed by atoms with E-state index >= 15 is 0 Å². The summed E-state index contributed by atoms with van der Waals surface area (Å²) in [7, 11) is 4.04. The van der Waals surface area contributed by atoms with Gasteiger partial charge in [0.15, 0.2) is 0 Å². The zero-order valence-electron chi connectivity index (χ0n) is 12.5. The van der Waals surface area contributed by atoms with E-state index < -0.39 is 0 Å². The Morgan fingerprint density at radius 2 is 1.74 bits per heavy atom. The van der Waals surface area contributed by atoms with E-state index in [-0.39, 0.29) is 18.0 Å². The van der Waals surface area contributed by atoms with Gasteiger partial charge in [-0.05, 0) is 38.5 Å². The maximum Gasteiger partial charge on any atom is 0.234 e. The maximum absolute atomic E-state index is 11.6. The third-order valence-electron chi connectivity index (χ3n) is 2.93. The molecule has 0 radical (unpaired) electrons. The SMILES string of the molecule is CC(C)NC(=O)CNC(C)c1ccc(N(C)C)cc1. The fourth-order valence-corrected chi connectivity index (χ4v) is 1.80. The van der Waals surface area contributed by atoms with Gasteiger partial charge < -0.3 is 15.5 Å². The molecule has 1 rings (SSSR count). The van der Waals surface area contributed by atoms with Gasteiger partial charge in [0, 0.05) is 31.9 Å². The molecule has 1 aromatic carbocycles. The molecule has 0 bridgehead atoms. The molecule has 0 aliphatic rings. The average molecular weight is 263 g/mol. The van der Waals surface area contributed by atoms with Gasteiger partial charge in [-0.25, -0.2) is 0 Å². The molecule has 19 heavy (non-hydrogen) atoms. The first kappa shape index (κ1) is 15.5. The minimum atomic E-state index is 0.0340. The second kappa shape index (κ2) is 7.14. The first-order valence-corrected chi connectivity index (χ1v) is 6.70. The molecule has 0 fully saturated rings. The highest BCUT2D eigenvalue weighted by Crippen LogP contribution is 2.17. The molecule has 0 aliphatic carbocycles. The Labute approximate surface area is 116 Å². The van der Waals surface area contributed by atoms with Crippen molar-refractivity contribution in [3.8, 4) is 0 Å². The van der Waals surface area contributed by atoms with Crippen LogP contribution in [0.4, 0.5) is 5.69 Å². The number of nitrogens with zero attached hydrogens (tertiary/aromatic N) is 1. The molecule has 1 aromatic rings. The van der Waals surface area contributed by atoms with Crippen molar-refractivity contribution in [1.29, 1.82) is 0 Å². The predicted molar refractivity (Wildman–Crippen MR) is 80.5 cm³/mol. The summed E-state index contributed by atoms with van der Waals surface area (Å²) in [6.45, 7) is 6.32. The standard InChI is InChI=1S/C15H25N3O/c1-11(2)17-15(19)10-16-12(3)13-6-8-14(9-7-13)18(4)5/h6-9,11-12,16H,10H2,1-5H3,(H,17,19). The van der Waals surface area contributed by atoms with Crippen molar-refractivity contribution in [3.63, 3.8) is 0 Å². The number of hydrogen-bond donors (Lipinski definition) is 2. The fourth-order valence-electron chi connectivity index (χ4n) is 1.80. The third kappa shape index (κ3) is 5.30. The van der Waals surface area contributed by atoms with Crippen LogP contribution in [0.2, 0.25) is 0 Å². The minimum Gasteiger partial charge on any atom is -0.378 e. The van der Waals surface area contributed by atoms with E-state index in [4.69, 9.17) is 0 Å². The summed E-state index contributed by atoms with van der Waals surface area (Å²) in [6, 6.07) is 8.70.